The number of piperidine rings is 1. The van der Waals surface area contributed by atoms with Crippen molar-refractivity contribution in [3.05, 3.63) is 87.6 Å². The van der Waals surface area contributed by atoms with Crippen LogP contribution in [0.2, 0.25) is 0 Å². The fourth-order valence-electron chi connectivity index (χ4n) is 6.14. The average Bonchev–Trinajstić information content (AvgIpc) is 3.00. The van der Waals surface area contributed by atoms with Gasteiger partial charge in [-0.05, 0) is 91.6 Å². The molecule has 2 aromatic carbocycles. The van der Waals surface area contributed by atoms with Crippen LogP contribution in [-0.4, -0.2) is 47.6 Å². The van der Waals surface area contributed by atoms with Crippen molar-refractivity contribution in [1.82, 2.24) is 10.3 Å². The molecule has 1 unspecified atom stereocenters. The Bertz CT molecular complexity index is 1480. The summed E-state index contributed by atoms with van der Waals surface area (Å²) in [5.74, 6) is -0.476. The molecular weight excluding hydrogens is 557 g/mol. The van der Waals surface area contributed by atoms with Crippen molar-refractivity contribution >= 4 is 23.4 Å². The lowest BCUT2D eigenvalue weighted by atomic mass is 9.92. The number of carbonyl (C=O) groups is 2. The molecule has 1 aromatic heterocycles. The quantitative estimate of drug-likeness (QED) is 0.290. The molecule has 3 N–H and O–H groups in total. The van der Waals surface area contributed by atoms with Gasteiger partial charge in [0.2, 0.25) is 0 Å². The first-order chi connectivity index (χ1) is 20.5. The smallest absolute Gasteiger partial charge is 0.416 e. The molecule has 1 amide bonds. The predicted molar refractivity (Wildman–Crippen MR) is 160 cm³/mol. The molecule has 5 rings (SSSR count). The van der Waals surface area contributed by atoms with Crippen molar-refractivity contribution in [3.63, 3.8) is 0 Å². The van der Waals surface area contributed by atoms with E-state index in [1.807, 2.05) is 24.3 Å². The number of hydrogen-bond donors (Lipinski definition) is 3. The lowest BCUT2D eigenvalue weighted by Crippen LogP contribution is -2.43. The summed E-state index contributed by atoms with van der Waals surface area (Å²) >= 11 is 0. The highest BCUT2D eigenvalue weighted by Crippen LogP contribution is 2.33. The van der Waals surface area contributed by atoms with Gasteiger partial charge >= 0.3 is 12.1 Å². The Balaban J connectivity index is 1.21. The fourth-order valence-corrected chi connectivity index (χ4v) is 6.14. The lowest BCUT2D eigenvalue weighted by Gasteiger charge is -2.34. The topological polar surface area (TPSA) is 94.6 Å². The van der Waals surface area contributed by atoms with Crippen LogP contribution < -0.4 is 15.5 Å². The highest BCUT2D eigenvalue weighted by Gasteiger charge is 2.33. The summed E-state index contributed by atoms with van der Waals surface area (Å²) in [7, 11) is 0. The van der Waals surface area contributed by atoms with Gasteiger partial charge in [0.25, 0.3) is 5.91 Å². The first kappa shape index (κ1) is 30.4. The second-order valence-electron chi connectivity index (χ2n) is 11.4. The number of benzene rings is 2. The summed E-state index contributed by atoms with van der Waals surface area (Å²) in [6.07, 6.45) is -0.103. The number of hydrogen-bond acceptors (Lipinski definition) is 5. The maximum absolute atomic E-state index is 13.3. The molecule has 228 valence electrons. The summed E-state index contributed by atoms with van der Waals surface area (Å²) in [5, 5.41) is 15.8. The summed E-state index contributed by atoms with van der Waals surface area (Å²) < 4.78 is 39.8. The molecule has 43 heavy (non-hydrogen) atoms. The SMILES string of the molecule is CCc1cc(C(F)(F)F)cc(C)c1C(=O)NC(Cc1ccc(N2CCC(c3ccc4c(n3)NCCC4)CC2)cc1)C(=O)O. The molecule has 3 heterocycles. The molecule has 3 aromatic rings. The highest BCUT2D eigenvalue weighted by molar-refractivity contribution is 5.99. The normalized spacial score (nSPS) is 16.3. The Labute approximate surface area is 249 Å². The number of pyridine rings is 1. The number of carbonyl (C=O) groups excluding carboxylic acids is 1. The van der Waals surface area contributed by atoms with Gasteiger partial charge in [0, 0.05) is 48.9 Å². The third-order valence-corrected chi connectivity index (χ3v) is 8.53. The van der Waals surface area contributed by atoms with Crippen molar-refractivity contribution in [3.8, 4) is 0 Å². The Kier molecular flexibility index (Phi) is 8.94. The average molecular weight is 595 g/mol. The van der Waals surface area contributed by atoms with Gasteiger partial charge in [-0.3, -0.25) is 4.79 Å². The summed E-state index contributed by atoms with van der Waals surface area (Å²) in [6, 6.07) is 12.7. The van der Waals surface area contributed by atoms with E-state index in [4.69, 9.17) is 4.98 Å². The zero-order valence-electron chi connectivity index (χ0n) is 24.4. The van der Waals surface area contributed by atoms with Crippen LogP contribution in [0.5, 0.6) is 0 Å². The standard InChI is InChI=1S/C33H37F3N4O3/c1-3-22-19-25(33(34,35)36)17-20(2)29(22)31(41)39-28(32(42)43)18-21-6-9-26(10-7-21)40-15-12-23(13-16-40)27-11-8-24-5-4-14-37-30(24)38-27/h6-11,17,19,23,28H,3-5,12-16,18H2,1-2H3,(H,37,38)(H,39,41)(H,42,43). The molecule has 1 saturated heterocycles. The summed E-state index contributed by atoms with van der Waals surface area (Å²) in [4.78, 5) is 32.4. The largest absolute Gasteiger partial charge is 0.480 e. The maximum Gasteiger partial charge on any atom is 0.416 e. The zero-order valence-corrected chi connectivity index (χ0v) is 24.4. The van der Waals surface area contributed by atoms with E-state index in [9.17, 15) is 27.9 Å². The molecule has 10 heteroatoms. The van der Waals surface area contributed by atoms with Crippen molar-refractivity contribution in [2.45, 2.75) is 70.5 Å². The van der Waals surface area contributed by atoms with E-state index in [0.29, 0.717) is 5.92 Å². The van der Waals surface area contributed by atoms with Crippen LogP contribution in [0, 0.1) is 6.92 Å². The Morgan fingerprint density at radius 3 is 2.49 bits per heavy atom. The van der Waals surface area contributed by atoms with Crippen LogP contribution in [0.3, 0.4) is 0 Å². The summed E-state index contributed by atoms with van der Waals surface area (Å²) in [5.41, 5.74) is 3.84. The zero-order chi connectivity index (χ0) is 30.7. The van der Waals surface area contributed by atoms with Crippen molar-refractivity contribution in [2.75, 3.05) is 29.9 Å². The van der Waals surface area contributed by atoms with E-state index in [1.165, 1.54) is 12.5 Å². The Morgan fingerprint density at radius 2 is 1.84 bits per heavy atom. The first-order valence-corrected chi connectivity index (χ1v) is 14.9. The molecule has 2 aliphatic heterocycles. The third-order valence-electron chi connectivity index (χ3n) is 8.53. The van der Waals surface area contributed by atoms with Crippen molar-refractivity contribution in [1.29, 1.82) is 0 Å². The van der Waals surface area contributed by atoms with Gasteiger partial charge < -0.3 is 20.6 Å². The van der Waals surface area contributed by atoms with E-state index in [2.05, 4.69) is 27.7 Å². The molecule has 0 bridgehead atoms. The predicted octanol–water partition coefficient (Wildman–Crippen LogP) is 6.14. The number of carboxylic acids is 1. The lowest BCUT2D eigenvalue weighted by molar-refractivity contribution is -0.139. The number of nitrogens with zero attached hydrogens (tertiary/aromatic N) is 2. The Hall–Kier alpha value is -4.08. The molecule has 1 fully saturated rings. The number of fused-ring (bicyclic) bond motifs is 1. The number of carboxylic acid groups (broad SMARTS) is 1. The number of alkyl halides is 3. The molecule has 1 atom stereocenters. The van der Waals surface area contributed by atoms with Gasteiger partial charge in [0.1, 0.15) is 11.9 Å². The second kappa shape index (κ2) is 12.7. The minimum absolute atomic E-state index is 0.0442. The number of rotatable bonds is 8. The van der Waals surface area contributed by atoms with Crippen LogP contribution in [-0.2, 0) is 30.2 Å². The molecular formula is C33H37F3N4O3. The molecule has 0 radical (unpaired) electrons. The van der Waals surface area contributed by atoms with Gasteiger partial charge in [-0.25, -0.2) is 9.78 Å². The maximum atomic E-state index is 13.3. The van der Waals surface area contributed by atoms with E-state index in [1.54, 1.807) is 6.92 Å². The molecule has 0 aliphatic carbocycles. The van der Waals surface area contributed by atoms with Gasteiger partial charge in [-0.2, -0.15) is 13.2 Å². The third kappa shape index (κ3) is 6.95. The van der Waals surface area contributed by atoms with Crippen LogP contribution in [0.1, 0.15) is 76.0 Å². The molecule has 7 nitrogen and oxygen atoms in total. The number of aromatic nitrogens is 1. The van der Waals surface area contributed by atoms with Crippen LogP contribution >= 0.6 is 0 Å². The fraction of sp³-hybridized carbons (Fsp3) is 0.424. The van der Waals surface area contributed by atoms with Gasteiger partial charge in [0.15, 0.2) is 0 Å². The molecule has 2 aliphatic rings. The van der Waals surface area contributed by atoms with E-state index in [0.717, 1.165) is 80.2 Å². The van der Waals surface area contributed by atoms with Gasteiger partial charge in [0.05, 0.1) is 5.56 Å². The number of aryl methyl sites for hydroxylation is 3. The number of anilines is 2. The van der Waals surface area contributed by atoms with E-state index < -0.39 is 29.7 Å². The van der Waals surface area contributed by atoms with Gasteiger partial charge in [-0.1, -0.05) is 25.1 Å². The van der Waals surface area contributed by atoms with Crippen LogP contribution in [0.4, 0.5) is 24.7 Å². The highest BCUT2D eigenvalue weighted by atomic mass is 19.4. The molecule has 0 saturated carbocycles. The van der Waals surface area contributed by atoms with Crippen LogP contribution in [0.25, 0.3) is 0 Å². The molecule has 0 spiro atoms. The minimum Gasteiger partial charge on any atom is -0.480 e. The van der Waals surface area contributed by atoms with Crippen molar-refractivity contribution in [2.24, 2.45) is 0 Å². The number of amides is 1. The van der Waals surface area contributed by atoms with E-state index >= 15 is 0 Å². The van der Waals surface area contributed by atoms with Gasteiger partial charge in [-0.15, -0.1) is 0 Å². The first-order valence-electron chi connectivity index (χ1n) is 14.9. The number of nitrogens with one attached hydrogen (secondary N) is 2. The van der Waals surface area contributed by atoms with E-state index in [-0.39, 0.29) is 29.5 Å². The number of aliphatic carboxylic acids is 1. The van der Waals surface area contributed by atoms with Crippen molar-refractivity contribution < 1.29 is 27.9 Å². The second-order valence-corrected chi connectivity index (χ2v) is 11.4. The monoisotopic (exact) mass is 594 g/mol. The number of halogens is 3. The summed E-state index contributed by atoms with van der Waals surface area (Å²) in [6.45, 7) is 5.83. The Morgan fingerprint density at radius 1 is 1.12 bits per heavy atom. The minimum atomic E-state index is -4.54. The van der Waals surface area contributed by atoms with Crippen LogP contribution in [0.15, 0.2) is 48.5 Å².